The molecule has 0 rings (SSSR count). The van der Waals surface area contributed by atoms with Gasteiger partial charge in [-0.1, -0.05) is 91.4 Å². The summed E-state index contributed by atoms with van der Waals surface area (Å²) in [5, 5.41) is 0. The second-order valence-corrected chi connectivity index (χ2v) is 7.56. The summed E-state index contributed by atoms with van der Waals surface area (Å²) in [6.45, 7) is 6.80. The molecule has 0 fully saturated rings. The van der Waals surface area contributed by atoms with Crippen molar-refractivity contribution in [3.8, 4) is 0 Å². The van der Waals surface area contributed by atoms with E-state index < -0.39 is 0 Å². The van der Waals surface area contributed by atoms with Crippen molar-refractivity contribution in [2.45, 2.75) is 130 Å². The predicted octanol–water partition coefficient (Wildman–Crippen LogP) is 6.74. The molecule has 0 aromatic heterocycles. The fraction of sp³-hybridized carbons (Fsp3) is 0.913. The van der Waals surface area contributed by atoms with Gasteiger partial charge < -0.3 is 9.47 Å². The molecule has 0 aromatic carbocycles. The van der Waals surface area contributed by atoms with Crippen LogP contribution in [-0.4, -0.2) is 24.6 Å². The highest BCUT2D eigenvalue weighted by atomic mass is 16.5. The van der Waals surface area contributed by atoms with Crippen LogP contribution in [-0.2, 0) is 19.1 Å². The van der Waals surface area contributed by atoms with Gasteiger partial charge in [-0.2, -0.15) is 0 Å². The SMILES string of the molecule is CCCCCCCCCCCCCOC(=O)CCC(=O)OC(CC)CCC. The number of rotatable bonds is 19. The minimum absolute atomic E-state index is 0.0186. The van der Waals surface area contributed by atoms with Crippen LogP contribution in [0.5, 0.6) is 0 Å². The molecule has 0 aliphatic rings. The summed E-state index contributed by atoms with van der Waals surface area (Å²) in [7, 11) is 0. The predicted molar refractivity (Wildman–Crippen MR) is 112 cm³/mol. The summed E-state index contributed by atoms with van der Waals surface area (Å²) in [4.78, 5) is 23.4. The Morgan fingerprint density at radius 2 is 1.19 bits per heavy atom. The molecule has 0 N–H and O–H groups in total. The molecule has 0 bridgehead atoms. The largest absolute Gasteiger partial charge is 0.466 e. The zero-order chi connectivity index (χ0) is 20.2. The van der Waals surface area contributed by atoms with Crippen molar-refractivity contribution in [2.24, 2.45) is 0 Å². The van der Waals surface area contributed by atoms with Gasteiger partial charge in [0, 0.05) is 0 Å². The fourth-order valence-corrected chi connectivity index (χ4v) is 3.14. The van der Waals surface area contributed by atoms with Gasteiger partial charge in [0.1, 0.15) is 6.10 Å². The minimum Gasteiger partial charge on any atom is -0.466 e. The Morgan fingerprint density at radius 3 is 1.70 bits per heavy atom. The average molecular weight is 385 g/mol. The maximum Gasteiger partial charge on any atom is 0.306 e. The van der Waals surface area contributed by atoms with E-state index in [1.54, 1.807) is 0 Å². The molecule has 4 heteroatoms. The van der Waals surface area contributed by atoms with E-state index in [9.17, 15) is 9.59 Å². The molecule has 0 saturated heterocycles. The quantitative estimate of drug-likeness (QED) is 0.183. The Bertz CT molecular complexity index is 354. The zero-order valence-corrected chi connectivity index (χ0v) is 18.2. The van der Waals surface area contributed by atoms with Gasteiger partial charge in [0.15, 0.2) is 0 Å². The monoisotopic (exact) mass is 384 g/mol. The van der Waals surface area contributed by atoms with Gasteiger partial charge >= 0.3 is 11.9 Å². The van der Waals surface area contributed by atoms with Gasteiger partial charge in [-0.25, -0.2) is 0 Å². The summed E-state index contributed by atoms with van der Waals surface area (Å²) in [6.07, 6.45) is 17.0. The first-order valence-corrected chi connectivity index (χ1v) is 11.5. The third-order valence-electron chi connectivity index (χ3n) is 4.91. The van der Waals surface area contributed by atoms with E-state index in [1.807, 2.05) is 6.92 Å². The van der Waals surface area contributed by atoms with Crippen LogP contribution in [0.15, 0.2) is 0 Å². The van der Waals surface area contributed by atoms with E-state index >= 15 is 0 Å². The third-order valence-corrected chi connectivity index (χ3v) is 4.91. The lowest BCUT2D eigenvalue weighted by Gasteiger charge is -2.15. The molecule has 1 unspecified atom stereocenters. The summed E-state index contributed by atoms with van der Waals surface area (Å²) >= 11 is 0. The Morgan fingerprint density at radius 1 is 0.667 bits per heavy atom. The Hall–Kier alpha value is -1.06. The third kappa shape index (κ3) is 18.1. The van der Waals surface area contributed by atoms with Crippen LogP contribution in [0.3, 0.4) is 0 Å². The second kappa shape index (κ2) is 19.7. The normalized spacial score (nSPS) is 12.0. The number of hydrogen-bond acceptors (Lipinski definition) is 4. The molecule has 0 heterocycles. The van der Waals surface area contributed by atoms with Gasteiger partial charge in [-0.3, -0.25) is 9.59 Å². The van der Waals surface area contributed by atoms with E-state index in [2.05, 4.69) is 13.8 Å². The summed E-state index contributed by atoms with van der Waals surface area (Å²) in [5.74, 6) is -0.579. The van der Waals surface area contributed by atoms with Crippen LogP contribution in [0.4, 0.5) is 0 Å². The lowest BCUT2D eigenvalue weighted by atomic mass is 10.1. The van der Waals surface area contributed by atoms with Crippen LogP contribution >= 0.6 is 0 Å². The highest BCUT2D eigenvalue weighted by molar-refractivity contribution is 5.77. The van der Waals surface area contributed by atoms with Crippen LogP contribution in [0.2, 0.25) is 0 Å². The van der Waals surface area contributed by atoms with Crippen molar-refractivity contribution in [3.63, 3.8) is 0 Å². The minimum atomic E-state index is -0.290. The molecule has 160 valence electrons. The van der Waals surface area contributed by atoms with Gasteiger partial charge in [-0.15, -0.1) is 0 Å². The van der Waals surface area contributed by atoms with Crippen molar-refractivity contribution in [2.75, 3.05) is 6.61 Å². The molecule has 27 heavy (non-hydrogen) atoms. The van der Waals surface area contributed by atoms with E-state index in [0.29, 0.717) is 6.61 Å². The van der Waals surface area contributed by atoms with Gasteiger partial charge in [0.25, 0.3) is 0 Å². The van der Waals surface area contributed by atoms with E-state index in [4.69, 9.17) is 9.47 Å². The van der Waals surface area contributed by atoms with Crippen molar-refractivity contribution in [3.05, 3.63) is 0 Å². The number of carbonyl (C=O) groups excluding carboxylic acids is 2. The Labute approximate surface area is 167 Å². The lowest BCUT2D eigenvalue weighted by Crippen LogP contribution is -2.18. The molecule has 0 spiro atoms. The molecule has 0 amide bonds. The summed E-state index contributed by atoms with van der Waals surface area (Å²) < 4.78 is 10.6. The molecule has 0 aliphatic carbocycles. The number of unbranched alkanes of at least 4 members (excludes halogenated alkanes) is 10. The molecule has 0 radical (unpaired) electrons. The number of ether oxygens (including phenoxy) is 2. The first-order valence-electron chi connectivity index (χ1n) is 11.5. The highest BCUT2D eigenvalue weighted by Gasteiger charge is 2.13. The van der Waals surface area contributed by atoms with Crippen molar-refractivity contribution in [1.29, 1.82) is 0 Å². The molecule has 4 nitrogen and oxygen atoms in total. The Balaban J connectivity index is 3.42. The zero-order valence-electron chi connectivity index (χ0n) is 18.2. The smallest absolute Gasteiger partial charge is 0.306 e. The van der Waals surface area contributed by atoms with Gasteiger partial charge in [-0.05, 0) is 19.3 Å². The molecule has 0 aromatic rings. The van der Waals surface area contributed by atoms with Crippen molar-refractivity contribution >= 4 is 11.9 Å². The van der Waals surface area contributed by atoms with E-state index in [0.717, 1.165) is 32.1 Å². The summed E-state index contributed by atoms with van der Waals surface area (Å²) in [6, 6.07) is 0. The van der Waals surface area contributed by atoms with Crippen LogP contribution in [0.1, 0.15) is 124 Å². The molecule has 0 saturated carbocycles. The maximum atomic E-state index is 11.7. The standard InChI is InChI=1S/C23H44O4/c1-4-7-8-9-10-11-12-13-14-15-16-20-26-22(24)18-19-23(25)27-21(6-3)17-5-2/h21H,4-20H2,1-3H3. The highest BCUT2D eigenvalue weighted by Crippen LogP contribution is 2.12. The van der Waals surface area contributed by atoms with E-state index in [1.165, 1.54) is 57.8 Å². The number of hydrogen-bond donors (Lipinski definition) is 0. The summed E-state index contributed by atoms with van der Waals surface area (Å²) in [5.41, 5.74) is 0. The lowest BCUT2D eigenvalue weighted by molar-refractivity contribution is -0.154. The van der Waals surface area contributed by atoms with Crippen LogP contribution in [0.25, 0.3) is 0 Å². The van der Waals surface area contributed by atoms with Crippen LogP contribution in [0, 0.1) is 0 Å². The number of esters is 2. The van der Waals surface area contributed by atoms with E-state index in [-0.39, 0.29) is 30.9 Å². The average Bonchev–Trinajstić information content (AvgIpc) is 2.66. The fourth-order valence-electron chi connectivity index (χ4n) is 3.14. The van der Waals surface area contributed by atoms with Gasteiger partial charge in [0.2, 0.25) is 0 Å². The second-order valence-electron chi connectivity index (χ2n) is 7.56. The molecular weight excluding hydrogens is 340 g/mol. The molecular formula is C23H44O4. The molecule has 1 atom stereocenters. The topological polar surface area (TPSA) is 52.6 Å². The van der Waals surface area contributed by atoms with Crippen molar-refractivity contribution < 1.29 is 19.1 Å². The molecule has 0 aliphatic heterocycles. The van der Waals surface area contributed by atoms with Crippen LogP contribution < -0.4 is 0 Å². The first kappa shape index (κ1) is 25.9. The maximum absolute atomic E-state index is 11.7. The van der Waals surface area contributed by atoms with Crippen molar-refractivity contribution in [1.82, 2.24) is 0 Å². The van der Waals surface area contributed by atoms with Gasteiger partial charge in [0.05, 0.1) is 19.4 Å². The first-order chi connectivity index (χ1) is 13.1. The Kier molecular flexibility index (Phi) is 18.9. The number of carbonyl (C=O) groups is 2.